The van der Waals surface area contributed by atoms with Crippen molar-refractivity contribution in [1.82, 2.24) is 20.2 Å². The smallest absolute Gasteiger partial charge is 0.269 e. The number of hydrazone groups is 1. The molecule has 0 fully saturated rings. The molecule has 1 aromatic heterocycles. The molecule has 0 unspecified atom stereocenters. The zero-order chi connectivity index (χ0) is 22.4. The van der Waals surface area contributed by atoms with Crippen LogP contribution in [0.1, 0.15) is 25.0 Å². The van der Waals surface area contributed by atoms with Crippen molar-refractivity contribution in [2.24, 2.45) is 5.10 Å². The highest BCUT2D eigenvalue weighted by atomic mass is 32.2. The number of nitro benzene ring substituents is 1. The van der Waals surface area contributed by atoms with Gasteiger partial charge in [0.1, 0.15) is 0 Å². The topological polar surface area (TPSA) is 115 Å². The summed E-state index contributed by atoms with van der Waals surface area (Å²) in [7, 11) is 0. The lowest BCUT2D eigenvalue weighted by Crippen LogP contribution is -2.21. The molecule has 0 atom stereocenters. The summed E-state index contributed by atoms with van der Waals surface area (Å²) in [5.41, 5.74) is 5.88. The fourth-order valence-corrected chi connectivity index (χ4v) is 3.59. The van der Waals surface area contributed by atoms with Gasteiger partial charge in [-0.25, -0.2) is 5.43 Å². The number of carbonyl (C=O) groups is 1. The van der Waals surface area contributed by atoms with Crippen molar-refractivity contribution in [3.8, 4) is 11.4 Å². The average molecular weight is 439 g/mol. The molecule has 160 valence electrons. The normalized spacial score (nSPS) is 11.4. The van der Waals surface area contributed by atoms with Crippen LogP contribution in [-0.2, 0) is 11.3 Å². The van der Waals surface area contributed by atoms with Crippen LogP contribution < -0.4 is 5.43 Å². The Balaban J connectivity index is 1.61. The molecule has 1 heterocycles. The first kappa shape index (κ1) is 22.2. The van der Waals surface area contributed by atoms with Gasteiger partial charge in [0.15, 0.2) is 11.0 Å². The van der Waals surface area contributed by atoms with Crippen LogP contribution in [-0.4, -0.2) is 37.1 Å². The number of rotatable bonds is 8. The summed E-state index contributed by atoms with van der Waals surface area (Å²) in [6, 6.07) is 14.0. The van der Waals surface area contributed by atoms with Crippen molar-refractivity contribution < 1.29 is 9.72 Å². The largest absolute Gasteiger partial charge is 0.302 e. The quantitative estimate of drug-likeness (QED) is 0.247. The van der Waals surface area contributed by atoms with Crippen LogP contribution in [0.15, 0.2) is 58.8 Å². The average Bonchev–Trinajstić information content (AvgIpc) is 3.19. The van der Waals surface area contributed by atoms with E-state index in [2.05, 4.69) is 20.7 Å². The Bertz CT molecular complexity index is 1110. The molecule has 0 saturated carbocycles. The Morgan fingerprint density at radius 1 is 1.16 bits per heavy atom. The molecule has 1 amide bonds. The minimum Gasteiger partial charge on any atom is -0.302 e. The Morgan fingerprint density at radius 2 is 1.84 bits per heavy atom. The van der Waals surface area contributed by atoms with E-state index in [4.69, 9.17) is 0 Å². The second-order valence-corrected chi connectivity index (χ2v) is 7.68. The number of benzene rings is 2. The summed E-state index contributed by atoms with van der Waals surface area (Å²) in [5, 5.41) is 24.0. The van der Waals surface area contributed by atoms with E-state index in [0.717, 1.165) is 11.4 Å². The molecule has 0 aliphatic heterocycles. The molecule has 3 aromatic rings. The standard InChI is InChI=1S/C21H22N6O3S/c1-4-26-20(17-7-5-14(2)6-8-17)24-25-21(26)31-13-19(28)23-22-15(3)16-9-11-18(12-10-16)27(29)30/h5-12H,4,13H2,1-3H3,(H,23,28). The van der Waals surface area contributed by atoms with Gasteiger partial charge in [0.25, 0.3) is 11.6 Å². The molecule has 10 heteroatoms. The van der Waals surface area contributed by atoms with Crippen LogP contribution >= 0.6 is 11.8 Å². The zero-order valence-corrected chi connectivity index (χ0v) is 18.2. The Labute approximate surface area is 183 Å². The third-order valence-corrected chi connectivity index (χ3v) is 5.49. The van der Waals surface area contributed by atoms with Crippen molar-refractivity contribution in [2.45, 2.75) is 32.5 Å². The van der Waals surface area contributed by atoms with Crippen LogP contribution in [0.25, 0.3) is 11.4 Å². The zero-order valence-electron chi connectivity index (χ0n) is 17.4. The first-order valence-corrected chi connectivity index (χ1v) is 10.6. The molecule has 0 saturated heterocycles. The van der Waals surface area contributed by atoms with E-state index in [1.54, 1.807) is 19.1 Å². The highest BCUT2D eigenvalue weighted by molar-refractivity contribution is 7.99. The summed E-state index contributed by atoms with van der Waals surface area (Å²) in [4.78, 5) is 22.5. The lowest BCUT2D eigenvalue weighted by Gasteiger charge is -2.07. The fraction of sp³-hybridized carbons (Fsp3) is 0.238. The number of non-ortho nitro benzene ring substituents is 1. The molecular weight excluding hydrogens is 416 g/mol. The molecular formula is C21H22N6O3S. The number of hydrogen-bond acceptors (Lipinski definition) is 7. The maximum Gasteiger partial charge on any atom is 0.269 e. The molecule has 1 N–H and O–H groups in total. The van der Waals surface area contributed by atoms with Gasteiger partial charge in [0.2, 0.25) is 0 Å². The molecule has 31 heavy (non-hydrogen) atoms. The van der Waals surface area contributed by atoms with Crippen LogP contribution in [0.5, 0.6) is 0 Å². The maximum atomic E-state index is 12.2. The van der Waals surface area contributed by atoms with Gasteiger partial charge < -0.3 is 4.57 Å². The van der Waals surface area contributed by atoms with Gasteiger partial charge in [-0.05, 0) is 38.5 Å². The Morgan fingerprint density at radius 3 is 2.45 bits per heavy atom. The molecule has 3 rings (SSSR count). The predicted molar refractivity (Wildman–Crippen MR) is 120 cm³/mol. The third-order valence-electron chi connectivity index (χ3n) is 4.52. The lowest BCUT2D eigenvalue weighted by atomic mass is 10.1. The highest BCUT2D eigenvalue weighted by Crippen LogP contribution is 2.24. The number of nitro groups is 1. The van der Waals surface area contributed by atoms with Crippen LogP contribution in [0.3, 0.4) is 0 Å². The number of nitrogens with zero attached hydrogens (tertiary/aromatic N) is 5. The van der Waals surface area contributed by atoms with Gasteiger partial charge in [-0.1, -0.05) is 41.6 Å². The number of nitrogens with one attached hydrogen (secondary N) is 1. The molecule has 0 bridgehead atoms. The summed E-state index contributed by atoms with van der Waals surface area (Å²) in [6.45, 7) is 6.43. The summed E-state index contributed by atoms with van der Waals surface area (Å²) in [6.07, 6.45) is 0. The van der Waals surface area contributed by atoms with Gasteiger partial charge in [0, 0.05) is 24.2 Å². The van der Waals surface area contributed by atoms with Gasteiger partial charge in [-0.3, -0.25) is 14.9 Å². The number of carbonyl (C=O) groups excluding carboxylic acids is 1. The monoisotopic (exact) mass is 438 g/mol. The number of thioether (sulfide) groups is 1. The SMILES string of the molecule is CCn1c(SCC(=O)NN=C(C)c2ccc([N+](=O)[O-])cc2)nnc1-c1ccc(C)cc1. The molecule has 0 aliphatic carbocycles. The molecule has 0 spiro atoms. The van der Waals surface area contributed by atoms with Crippen molar-refractivity contribution in [3.05, 3.63) is 69.8 Å². The number of aryl methyl sites for hydroxylation is 1. The van der Waals surface area contributed by atoms with Gasteiger partial charge in [-0.2, -0.15) is 5.10 Å². The molecule has 0 radical (unpaired) electrons. The molecule has 2 aromatic carbocycles. The summed E-state index contributed by atoms with van der Waals surface area (Å²) in [5.74, 6) is 0.606. The Hall–Kier alpha value is -3.53. The summed E-state index contributed by atoms with van der Waals surface area (Å²) < 4.78 is 1.97. The van der Waals surface area contributed by atoms with Crippen molar-refractivity contribution in [1.29, 1.82) is 0 Å². The van der Waals surface area contributed by atoms with Gasteiger partial charge in [-0.15, -0.1) is 10.2 Å². The van der Waals surface area contributed by atoms with Crippen LogP contribution in [0.2, 0.25) is 0 Å². The van der Waals surface area contributed by atoms with Gasteiger partial charge in [0.05, 0.1) is 16.4 Å². The summed E-state index contributed by atoms with van der Waals surface area (Å²) >= 11 is 1.28. The first-order valence-electron chi connectivity index (χ1n) is 9.60. The number of hydrogen-bond donors (Lipinski definition) is 1. The van der Waals surface area contributed by atoms with E-state index in [1.165, 1.54) is 29.5 Å². The Kier molecular flexibility index (Phi) is 7.14. The molecule has 9 nitrogen and oxygen atoms in total. The van der Waals surface area contributed by atoms with E-state index < -0.39 is 4.92 Å². The highest BCUT2D eigenvalue weighted by Gasteiger charge is 2.14. The van der Waals surface area contributed by atoms with Crippen molar-refractivity contribution in [2.75, 3.05) is 5.75 Å². The van der Waals surface area contributed by atoms with Crippen molar-refractivity contribution in [3.63, 3.8) is 0 Å². The minimum atomic E-state index is -0.464. The lowest BCUT2D eigenvalue weighted by molar-refractivity contribution is -0.384. The van der Waals surface area contributed by atoms with E-state index >= 15 is 0 Å². The first-order chi connectivity index (χ1) is 14.9. The fourth-order valence-electron chi connectivity index (χ4n) is 2.79. The number of amides is 1. The second kappa shape index (κ2) is 9.98. The molecule has 0 aliphatic rings. The second-order valence-electron chi connectivity index (χ2n) is 6.74. The van der Waals surface area contributed by atoms with E-state index in [9.17, 15) is 14.9 Å². The van der Waals surface area contributed by atoms with Crippen molar-refractivity contribution >= 4 is 29.1 Å². The predicted octanol–water partition coefficient (Wildman–Crippen LogP) is 3.81. The van der Waals surface area contributed by atoms with E-state index in [-0.39, 0.29) is 17.3 Å². The van der Waals surface area contributed by atoms with Crippen LogP contribution in [0, 0.1) is 17.0 Å². The van der Waals surface area contributed by atoms with E-state index in [1.807, 2.05) is 42.7 Å². The maximum absolute atomic E-state index is 12.2. The number of aromatic nitrogens is 3. The van der Waals surface area contributed by atoms with Gasteiger partial charge >= 0.3 is 0 Å². The van der Waals surface area contributed by atoms with E-state index in [0.29, 0.717) is 23.0 Å². The third kappa shape index (κ3) is 5.54. The minimum absolute atomic E-state index is 0.00188. The van der Waals surface area contributed by atoms with Crippen LogP contribution in [0.4, 0.5) is 5.69 Å².